The Kier molecular flexibility index (Phi) is 17.6. The van der Waals surface area contributed by atoms with Gasteiger partial charge in [-0.1, -0.05) is 6.08 Å². The molecule has 0 rings (SSSR count). The minimum absolute atomic E-state index is 1.19. The fourth-order valence-corrected chi connectivity index (χ4v) is 0. The Bertz CT molecular complexity index is 147. The van der Waals surface area contributed by atoms with E-state index >= 15 is 0 Å². The molecule has 0 aliphatic rings. The molecule has 6 heteroatoms. The van der Waals surface area contributed by atoms with Gasteiger partial charge in [-0.2, -0.15) is 0 Å². The Labute approximate surface area is 75.8 Å². The first-order valence-corrected chi connectivity index (χ1v) is 3.19. The Morgan fingerprint density at radius 3 is 1.38 bits per heavy atom. The van der Waals surface area contributed by atoms with Crippen molar-refractivity contribution in [2.75, 3.05) is 0 Å². The smallest absolute Gasteiger partial charge is 0.479 e. The van der Waals surface area contributed by atoms with Gasteiger partial charge in [-0.25, -0.2) is 9.59 Å². The summed E-state index contributed by atoms with van der Waals surface area (Å²) < 4.78 is 0. The molecule has 0 aliphatic heterocycles. The molecule has 0 aromatic rings. The van der Waals surface area contributed by atoms with E-state index in [1.165, 1.54) is 6.92 Å². The Balaban J connectivity index is -0.000000125. The third kappa shape index (κ3) is 125. The number of hydrogen-bond donors (Lipinski definition) is 4. The number of hydrogen-bond acceptors (Lipinski definition) is 3. The second-order valence-corrected chi connectivity index (χ2v) is 1.71. The highest BCUT2D eigenvalue weighted by molar-refractivity contribution is 5.71. The van der Waals surface area contributed by atoms with Crippen LogP contribution in [-0.2, 0) is 4.79 Å². The van der Waals surface area contributed by atoms with E-state index < -0.39 is 18.2 Å². The van der Waals surface area contributed by atoms with Crippen LogP contribution in [0.3, 0.4) is 0 Å². The second-order valence-electron chi connectivity index (χ2n) is 1.71. The molecule has 0 heterocycles. The number of aliphatic hydroxyl groups is 1. The SMILES string of the molecule is C=CC.CC(O)C(=O)O.O=C(O)O. The van der Waals surface area contributed by atoms with Gasteiger partial charge in [0.05, 0.1) is 0 Å². The molecule has 13 heavy (non-hydrogen) atoms. The highest BCUT2D eigenvalue weighted by Crippen LogP contribution is 1.73. The van der Waals surface area contributed by atoms with Crippen LogP contribution in [0.5, 0.6) is 0 Å². The van der Waals surface area contributed by atoms with Gasteiger partial charge in [0.1, 0.15) is 6.10 Å². The molecule has 1 atom stereocenters. The molecule has 0 saturated carbocycles. The molecule has 0 amide bonds. The lowest BCUT2D eigenvalue weighted by Crippen LogP contribution is -2.13. The lowest BCUT2D eigenvalue weighted by atomic mass is 10.4. The summed E-state index contributed by atoms with van der Waals surface area (Å²) in [4.78, 5) is 18.0. The summed E-state index contributed by atoms with van der Waals surface area (Å²) in [6, 6.07) is 0. The molecule has 0 bridgehead atoms. The number of carbonyl (C=O) groups is 2. The average molecular weight is 194 g/mol. The highest BCUT2D eigenvalue weighted by Gasteiger charge is 2.01. The van der Waals surface area contributed by atoms with Gasteiger partial charge >= 0.3 is 12.1 Å². The maximum Gasteiger partial charge on any atom is 0.503 e. The Morgan fingerprint density at radius 2 is 1.38 bits per heavy atom. The molecule has 0 aromatic heterocycles. The van der Waals surface area contributed by atoms with E-state index in [0.717, 1.165) is 0 Å². The summed E-state index contributed by atoms with van der Waals surface area (Å²) in [5.41, 5.74) is 0. The fraction of sp³-hybridized carbons (Fsp3) is 0.429. The van der Waals surface area contributed by atoms with Gasteiger partial charge in [-0.3, -0.25) is 0 Å². The summed E-state index contributed by atoms with van der Waals surface area (Å²) in [6.45, 7) is 6.45. The van der Waals surface area contributed by atoms with Crippen molar-refractivity contribution in [2.45, 2.75) is 20.0 Å². The number of aliphatic hydroxyl groups excluding tert-OH is 1. The molecule has 0 spiro atoms. The predicted octanol–water partition coefficient (Wildman–Crippen LogP) is 0.867. The standard InChI is InChI=1S/C3H6O3.C3H6.CH2O3/c1-2(4)3(5)6;1-3-2;2-1(3)4/h2,4H,1H3,(H,5,6);3H,1H2,2H3;(H2,2,3,4). The molecular weight excluding hydrogens is 180 g/mol. The Morgan fingerprint density at radius 1 is 1.31 bits per heavy atom. The molecule has 0 saturated heterocycles. The first kappa shape index (κ1) is 17.5. The van der Waals surface area contributed by atoms with Crippen molar-refractivity contribution in [3.8, 4) is 0 Å². The van der Waals surface area contributed by atoms with Gasteiger partial charge in [-0.15, -0.1) is 6.58 Å². The first-order valence-electron chi connectivity index (χ1n) is 3.19. The van der Waals surface area contributed by atoms with Crippen molar-refractivity contribution >= 4 is 12.1 Å². The van der Waals surface area contributed by atoms with Crippen LogP contribution in [0, 0.1) is 0 Å². The van der Waals surface area contributed by atoms with Gasteiger partial charge in [-0.05, 0) is 13.8 Å². The lowest BCUT2D eigenvalue weighted by Gasteiger charge is -1.89. The van der Waals surface area contributed by atoms with Crippen LogP contribution in [0.1, 0.15) is 13.8 Å². The number of allylic oxidation sites excluding steroid dienone is 1. The number of rotatable bonds is 1. The summed E-state index contributed by atoms with van der Waals surface area (Å²) >= 11 is 0. The molecular formula is C7H14O6. The zero-order valence-corrected chi connectivity index (χ0v) is 7.47. The summed E-state index contributed by atoms with van der Waals surface area (Å²) in [6.07, 6.45) is -1.31. The van der Waals surface area contributed by atoms with E-state index in [1.54, 1.807) is 6.08 Å². The molecule has 1 unspecified atom stereocenters. The van der Waals surface area contributed by atoms with Gasteiger partial charge in [0.15, 0.2) is 0 Å². The maximum absolute atomic E-state index is 9.45. The van der Waals surface area contributed by atoms with Crippen LogP contribution >= 0.6 is 0 Å². The molecule has 6 nitrogen and oxygen atoms in total. The monoisotopic (exact) mass is 194 g/mol. The van der Waals surface area contributed by atoms with Crippen LogP contribution in [0.4, 0.5) is 4.79 Å². The molecule has 0 fully saturated rings. The number of aliphatic carboxylic acids is 1. The summed E-state index contributed by atoms with van der Waals surface area (Å²) in [5.74, 6) is -1.19. The Hall–Kier alpha value is -1.56. The molecule has 4 N–H and O–H groups in total. The van der Waals surface area contributed by atoms with E-state index in [9.17, 15) is 4.79 Å². The van der Waals surface area contributed by atoms with Crippen LogP contribution in [0.2, 0.25) is 0 Å². The second kappa shape index (κ2) is 13.1. The number of carboxylic acids is 1. The van der Waals surface area contributed by atoms with Crippen LogP contribution in [0.25, 0.3) is 0 Å². The van der Waals surface area contributed by atoms with Crippen molar-refractivity contribution in [3.63, 3.8) is 0 Å². The van der Waals surface area contributed by atoms with E-state index in [2.05, 4.69) is 6.58 Å². The maximum atomic E-state index is 9.45. The minimum Gasteiger partial charge on any atom is -0.479 e. The van der Waals surface area contributed by atoms with E-state index in [-0.39, 0.29) is 0 Å². The van der Waals surface area contributed by atoms with Gasteiger partial charge in [0, 0.05) is 0 Å². The zero-order chi connectivity index (χ0) is 11.4. The van der Waals surface area contributed by atoms with Crippen LogP contribution in [-0.4, -0.2) is 38.7 Å². The predicted molar refractivity (Wildman–Crippen MR) is 45.8 cm³/mol. The van der Waals surface area contributed by atoms with Crippen LogP contribution < -0.4 is 0 Å². The highest BCUT2D eigenvalue weighted by atomic mass is 16.6. The van der Waals surface area contributed by atoms with Crippen LogP contribution in [0.15, 0.2) is 12.7 Å². The van der Waals surface area contributed by atoms with Crippen molar-refractivity contribution in [1.29, 1.82) is 0 Å². The molecule has 0 aromatic carbocycles. The topological polar surface area (TPSA) is 115 Å². The molecule has 78 valence electrons. The average Bonchev–Trinajstić information content (AvgIpc) is 1.87. The summed E-state index contributed by atoms with van der Waals surface area (Å²) in [7, 11) is 0. The van der Waals surface area contributed by atoms with Gasteiger partial charge in [0.25, 0.3) is 0 Å². The summed E-state index contributed by atoms with van der Waals surface area (Å²) in [5, 5.41) is 29.7. The van der Waals surface area contributed by atoms with Crippen molar-refractivity contribution in [1.82, 2.24) is 0 Å². The molecule has 0 aliphatic carbocycles. The van der Waals surface area contributed by atoms with E-state index in [0.29, 0.717) is 0 Å². The van der Waals surface area contributed by atoms with Gasteiger partial charge in [0.2, 0.25) is 0 Å². The zero-order valence-electron chi connectivity index (χ0n) is 7.47. The normalized spacial score (nSPS) is 9.15. The van der Waals surface area contributed by atoms with E-state index in [4.69, 9.17) is 25.2 Å². The van der Waals surface area contributed by atoms with E-state index in [1.807, 2.05) is 6.92 Å². The quantitative estimate of drug-likeness (QED) is 0.460. The third-order valence-corrected chi connectivity index (χ3v) is 0.357. The van der Waals surface area contributed by atoms with Crippen molar-refractivity contribution in [2.24, 2.45) is 0 Å². The first-order chi connectivity index (χ1) is 5.79. The fourth-order valence-electron chi connectivity index (χ4n) is 0. The third-order valence-electron chi connectivity index (χ3n) is 0.357. The number of carboxylic acid groups (broad SMARTS) is 3. The minimum atomic E-state index is -1.83. The van der Waals surface area contributed by atoms with Gasteiger partial charge < -0.3 is 20.4 Å². The van der Waals surface area contributed by atoms with Crippen molar-refractivity contribution in [3.05, 3.63) is 12.7 Å². The molecule has 0 radical (unpaired) electrons. The van der Waals surface area contributed by atoms with Crippen molar-refractivity contribution < 1.29 is 30.0 Å². The lowest BCUT2D eigenvalue weighted by molar-refractivity contribution is -0.145. The largest absolute Gasteiger partial charge is 0.503 e.